The molecule has 0 aliphatic carbocycles. The molecule has 0 aromatic carbocycles. The number of primary amides is 1. The second-order valence-electron chi connectivity index (χ2n) is 3.15. The fraction of sp³-hybridized carbons (Fsp3) is 0.875. The maximum atomic E-state index is 11.0. The Kier molecular flexibility index (Phi) is 3.88. The maximum Gasteiger partial charge on any atom is 0.234 e. The molecule has 3 nitrogen and oxygen atoms in total. The minimum atomic E-state index is -0.218. The Labute approximate surface area is 77.5 Å². The summed E-state index contributed by atoms with van der Waals surface area (Å²) < 4.78 is 0. The van der Waals surface area contributed by atoms with E-state index in [4.69, 9.17) is 5.73 Å². The van der Waals surface area contributed by atoms with Gasteiger partial charge in [-0.25, -0.2) is 0 Å². The molecule has 12 heavy (non-hydrogen) atoms. The number of nitrogens with one attached hydrogen (secondary N) is 1. The van der Waals surface area contributed by atoms with Gasteiger partial charge in [0.1, 0.15) is 0 Å². The molecule has 1 aliphatic heterocycles. The molecule has 0 spiro atoms. The normalized spacial score (nSPS) is 26.6. The largest absolute Gasteiger partial charge is 0.368 e. The maximum absolute atomic E-state index is 11.0. The van der Waals surface area contributed by atoms with Gasteiger partial charge in [-0.1, -0.05) is 0 Å². The Morgan fingerprint density at radius 1 is 1.75 bits per heavy atom. The number of carbonyl (C=O) groups excluding carboxylic acids is 1. The van der Waals surface area contributed by atoms with Crippen LogP contribution in [0.25, 0.3) is 0 Å². The predicted octanol–water partition coefficient (Wildman–Crippen LogP) is 0.203. The van der Waals surface area contributed by atoms with Gasteiger partial charge in [0, 0.05) is 0 Å². The van der Waals surface area contributed by atoms with Crippen molar-refractivity contribution in [3.05, 3.63) is 0 Å². The van der Waals surface area contributed by atoms with Gasteiger partial charge in [0.15, 0.2) is 0 Å². The third kappa shape index (κ3) is 2.38. The molecule has 0 aromatic heterocycles. The number of amides is 1. The van der Waals surface area contributed by atoms with Gasteiger partial charge in [-0.05, 0) is 37.3 Å². The zero-order valence-electron chi connectivity index (χ0n) is 7.38. The first kappa shape index (κ1) is 9.86. The topological polar surface area (TPSA) is 55.1 Å². The third-order valence-electron chi connectivity index (χ3n) is 2.28. The molecule has 0 bridgehead atoms. The van der Waals surface area contributed by atoms with E-state index in [-0.39, 0.29) is 11.9 Å². The summed E-state index contributed by atoms with van der Waals surface area (Å²) >= 11 is 1.92. The van der Waals surface area contributed by atoms with Gasteiger partial charge in [-0.15, -0.1) is 0 Å². The van der Waals surface area contributed by atoms with Crippen molar-refractivity contribution in [1.82, 2.24) is 5.32 Å². The van der Waals surface area contributed by atoms with E-state index >= 15 is 0 Å². The van der Waals surface area contributed by atoms with E-state index in [0.717, 1.165) is 12.2 Å². The van der Waals surface area contributed by atoms with Gasteiger partial charge < -0.3 is 11.1 Å². The highest BCUT2D eigenvalue weighted by Crippen LogP contribution is 2.24. The van der Waals surface area contributed by atoms with Crippen LogP contribution >= 0.6 is 11.8 Å². The minimum Gasteiger partial charge on any atom is -0.368 e. The van der Waals surface area contributed by atoms with E-state index in [1.54, 1.807) is 7.05 Å². The standard InChI is InChI=1S/C8H16N2OS/c1-10-7(8(9)11)6-3-2-4-12-5-6/h6-7,10H,2-5H2,1H3,(H2,9,11). The van der Waals surface area contributed by atoms with Crippen molar-refractivity contribution in [2.24, 2.45) is 11.7 Å². The molecule has 1 aliphatic rings. The van der Waals surface area contributed by atoms with Crippen molar-refractivity contribution < 1.29 is 4.79 Å². The SMILES string of the molecule is CNC(C(N)=O)C1CCCSC1. The monoisotopic (exact) mass is 188 g/mol. The first-order chi connectivity index (χ1) is 5.75. The number of hydrogen-bond acceptors (Lipinski definition) is 3. The summed E-state index contributed by atoms with van der Waals surface area (Å²) in [5, 5.41) is 2.98. The third-order valence-corrected chi connectivity index (χ3v) is 3.53. The number of carbonyl (C=O) groups is 1. The molecule has 1 fully saturated rings. The van der Waals surface area contributed by atoms with Crippen molar-refractivity contribution in [3.8, 4) is 0 Å². The zero-order valence-corrected chi connectivity index (χ0v) is 8.19. The molecular formula is C8H16N2OS. The van der Waals surface area contributed by atoms with Gasteiger partial charge in [-0.3, -0.25) is 4.79 Å². The Balaban J connectivity index is 2.46. The van der Waals surface area contributed by atoms with E-state index in [0.29, 0.717) is 5.92 Å². The minimum absolute atomic E-state index is 0.127. The Morgan fingerprint density at radius 2 is 2.50 bits per heavy atom. The summed E-state index contributed by atoms with van der Waals surface area (Å²) in [4.78, 5) is 11.0. The van der Waals surface area contributed by atoms with E-state index in [1.807, 2.05) is 11.8 Å². The van der Waals surface area contributed by atoms with Crippen molar-refractivity contribution >= 4 is 17.7 Å². The van der Waals surface area contributed by atoms with Crippen molar-refractivity contribution in [1.29, 1.82) is 0 Å². The molecule has 70 valence electrons. The van der Waals surface area contributed by atoms with Crippen LogP contribution in [0.4, 0.5) is 0 Å². The van der Waals surface area contributed by atoms with Gasteiger partial charge in [0.25, 0.3) is 0 Å². The van der Waals surface area contributed by atoms with E-state index in [2.05, 4.69) is 5.32 Å². The molecule has 2 atom stereocenters. The van der Waals surface area contributed by atoms with Crippen molar-refractivity contribution in [2.75, 3.05) is 18.6 Å². The molecule has 1 saturated heterocycles. The van der Waals surface area contributed by atoms with E-state index in [1.165, 1.54) is 12.2 Å². The molecule has 2 unspecified atom stereocenters. The van der Waals surface area contributed by atoms with E-state index < -0.39 is 0 Å². The number of nitrogens with two attached hydrogens (primary N) is 1. The lowest BCUT2D eigenvalue weighted by atomic mass is 9.96. The molecule has 4 heteroatoms. The van der Waals surface area contributed by atoms with Crippen LogP contribution in [0.15, 0.2) is 0 Å². The lowest BCUT2D eigenvalue weighted by Crippen LogP contribution is -2.46. The summed E-state index contributed by atoms with van der Waals surface area (Å²) in [6.07, 6.45) is 2.34. The Bertz CT molecular complexity index is 157. The first-order valence-electron chi connectivity index (χ1n) is 4.30. The average molecular weight is 188 g/mol. The molecular weight excluding hydrogens is 172 g/mol. The van der Waals surface area contributed by atoms with E-state index in [9.17, 15) is 4.79 Å². The van der Waals surface area contributed by atoms with Crippen molar-refractivity contribution in [2.45, 2.75) is 18.9 Å². The molecule has 1 amide bonds. The molecule has 0 saturated carbocycles. The summed E-state index contributed by atoms with van der Waals surface area (Å²) in [5.74, 6) is 2.51. The molecule has 0 radical (unpaired) electrons. The summed E-state index contributed by atoms with van der Waals surface area (Å²) in [6.45, 7) is 0. The van der Waals surface area contributed by atoms with Crippen LogP contribution in [-0.2, 0) is 4.79 Å². The fourth-order valence-corrected chi connectivity index (χ4v) is 2.84. The van der Waals surface area contributed by atoms with Gasteiger partial charge >= 0.3 is 0 Å². The summed E-state index contributed by atoms with van der Waals surface area (Å²) in [6, 6.07) is -0.127. The van der Waals surface area contributed by atoms with Gasteiger partial charge in [0.2, 0.25) is 5.91 Å². The molecule has 1 rings (SSSR count). The lowest BCUT2D eigenvalue weighted by molar-refractivity contribution is -0.121. The second kappa shape index (κ2) is 4.72. The smallest absolute Gasteiger partial charge is 0.234 e. The highest BCUT2D eigenvalue weighted by atomic mass is 32.2. The van der Waals surface area contributed by atoms with Crippen LogP contribution in [0.1, 0.15) is 12.8 Å². The van der Waals surface area contributed by atoms with Crippen LogP contribution in [0.3, 0.4) is 0 Å². The van der Waals surface area contributed by atoms with Crippen molar-refractivity contribution in [3.63, 3.8) is 0 Å². The van der Waals surface area contributed by atoms with Crippen LogP contribution in [0, 0.1) is 5.92 Å². The van der Waals surface area contributed by atoms with Gasteiger partial charge in [0.05, 0.1) is 6.04 Å². The van der Waals surface area contributed by atoms with Crippen LogP contribution in [0.5, 0.6) is 0 Å². The van der Waals surface area contributed by atoms with Gasteiger partial charge in [-0.2, -0.15) is 11.8 Å². The molecule has 3 N–H and O–H groups in total. The lowest BCUT2D eigenvalue weighted by Gasteiger charge is -2.27. The molecule has 1 heterocycles. The second-order valence-corrected chi connectivity index (χ2v) is 4.30. The Hall–Kier alpha value is -0.220. The zero-order chi connectivity index (χ0) is 8.97. The predicted molar refractivity (Wildman–Crippen MR) is 52.1 cm³/mol. The summed E-state index contributed by atoms with van der Waals surface area (Å²) in [7, 11) is 1.80. The number of rotatable bonds is 3. The summed E-state index contributed by atoms with van der Waals surface area (Å²) in [5.41, 5.74) is 5.27. The number of thioether (sulfide) groups is 1. The fourth-order valence-electron chi connectivity index (χ4n) is 1.64. The first-order valence-corrected chi connectivity index (χ1v) is 5.45. The van der Waals surface area contributed by atoms with Crippen LogP contribution < -0.4 is 11.1 Å². The number of hydrogen-bond donors (Lipinski definition) is 2. The van der Waals surface area contributed by atoms with Crippen LogP contribution in [-0.4, -0.2) is 30.5 Å². The Morgan fingerprint density at radius 3 is 2.92 bits per heavy atom. The molecule has 0 aromatic rings. The van der Waals surface area contributed by atoms with Crippen LogP contribution in [0.2, 0.25) is 0 Å². The quantitative estimate of drug-likeness (QED) is 0.665. The average Bonchev–Trinajstić information content (AvgIpc) is 2.07. The number of likely N-dealkylation sites (N-methyl/N-ethyl adjacent to an activating group) is 1. The highest BCUT2D eigenvalue weighted by molar-refractivity contribution is 7.99. The highest BCUT2D eigenvalue weighted by Gasteiger charge is 2.26.